The molecule has 2 aliphatic heterocycles. The van der Waals surface area contributed by atoms with Crippen molar-refractivity contribution < 1.29 is 13.9 Å². The van der Waals surface area contributed by atoms with E-state index in [0.717, 1.165) is 0 Å². The molecule has 0 saturated heterocycles. The van der Waals surface area contributed by atoms with Gasteiger partial charge in [0.15, 0.2) is 11.5 Å². The van der Waals surface area contributed by atoms with E-state index in [9.17, 15) is 9.18 Å². The third kappa shape index (κ3) is 3.50. The third-order valence-electron chi connectivity index (χ3n) is 5.72. The first-order valence-corrected chi connectivity index (χ1v) is 10.1. The zero-order chi connectivity index (χ0) is 22.6. The van der Waals surface area contributed by atoms with Crippen molar-refractivity contribution in [3.63, 3.8) is 0 Å². The van der Waals surface area contributed by atoms with Gasteiger partial charge in [0.1, 0.15) is 17.2 Å². The van der Waals surface area contributed by atoms with Gasteiger partial charge in [-0.05, 0) is 48.4 Å². The van der Waals surface area contributed by atoms with Crippen LogP contribution in [-0.2, 0) is 10.3 Å². The van der Waals surface area contributed by atoms with Crippen LogP contribution in [0.3, 0.4) is 0 Å². The molecule has 1 spiro atoms. The highest BCUT2D eigenvalue weighted by Crippen LogP contribution is 2.50. The average molecular weight is 444 g/mol. The maximum Gasteiger partial charge on any atom is 0.261 e. The lowest BCUT2D eigenvalue weighted by molar-refractivity contribution is -0.134. The van der Waals surface area contributed by atoms with Crippen LogP contribution in [0.25, 0.3) is 11.1 Å². The van der Waals surface area contributed by atoms with E-state index in [1.807, 2.05) is 6.92 Å². The van der Waals surface area contributed by atoms with Crippen LogP contribution in [-0.4, -0.2) is 54.2 Å². The summed E-state index contributed by atoms with van der Waals surface area (Å²) < 4.78 is 20.2. The molecule has 0 aromatic heterocycles. The molecule has 0 saturated carbocycles. The summed E-state index contributed by atoms with van der Waals surface area (Å²) >= 11 is 6.04. The molecule has 0 radical (unpaired) electrons. The Morgan fingerprint density at radius 1 is 1.35 bits per heavy atom. The van der Waals surface area contributed by atoms with Crippen LogP contribution >= 0.6 is 11.6 Å². The number of hydrogen-bond donors (Lipinski definition) is 2. The second kappa shape index (κ2) is 7.23. The first-order chi connectivity index (χ1) is 14.6. The van der Waals surface area contributed by atoms with Gasteiger partial charge in [0.05, 0.1) is 12.9 Å². The Bertz CT molecular complexity index is 1100. The Kier molecular flexibility index (Phi) is 4.93. The van der Waals surface area contributed by atoms with E-state index in [4.69, 9.17) is 27.5 Å². The van der Waals surface area contributed by atoms with Gasteiger partial charge >= 0.3 is 0 Å². The monoisotopic (exact) mass is 443 g/mol. The van der Waals surface area contributed by atoms with Crippen molar-refractivity contribution in [1.29, 1.82) is 5.41 Å². The Morgan fingerprint density at radius 3 is 2.71 bits per heavy atom. The molecular formula is C22H23ClFN5O2. The van der Waals surface area contributed by atoms with Gasteiger partial charge in [0.2, 0.25) is 0 Å². The normalized spacial score (nSPS) is 24.6. The van der Waals surface area contributed by atoms with Crippen molar-refractivity contribution in [2.75, 3.05) is 20.6 Å². The maximum absolute atomic E-state index is 13.9. The van der Waals surface area contributed by atoms with Gasteiger partial charge < -0.3 is 15.4 Å². The number of benzene rings is 2. The summed E-state index contributed by atoms with van der Waals surface area (Å²) in [6, 6.07) is 9.61. The minimum atomic E-state index is -1.27. The van der Waals surface area contributed by atoms with Gasteiger partial charge in [-0.2, -0.15) is 0 Å². The van der Waals surface area contributed by atoms with Crippen molar-refractivity contribution in [1.82, 2.24) is 9.80 Å². The fourth-order valence-electron chi connectivity index (χ4n) is 4.43. The third-order valence-corrected chi connectivity index (χ3v) is 5.94. The molecule has 9 heteroatoms. The second-order valence-corrected chi connectivity index (χ2v) is 8.77. The highest BCUT2D eigenvalue weighted by atomic mass is 35.5. The number of likely N-dealkylation sites (N-methyl/N-ethyl adjacent to an activating group) is 2. The number of fused-ring (bicyclic) bond motifs is 2. The first-order valence-electron chi connectivity index (χ1n) is 9.71. The summed E-state index contributed by atoms with van der Waals surface area (Å²) in [5.74, 6) is -0.0847. The van der Waals surface area contributed by atoms with Crippen LogP contribution in [0.2, 0.25) is 5.02 Å². The molecule has 4 rings (SSSR count). The summed E-state index contributed by atoms with van der Waals surface area (Å²) in [5.41, 5.74) is 5.80. The molecule has 1 amide bonds. The number of aliphatic imine (C=N–C) groups is 1. The molecule has 2 atom stereocenters. The summed E-state index contributed by atoms with van der Waals surface area (Å²) in [5, 5.41) is 7.78. The van der Waals surface area contributed by atoms with E-state index >= 15 is 0 Å². The minimum Gasteiger partial charge on any atom is -0.485 e. The van der Waals surface area contributed by atoms with Crippen molar-refractivity contribution in [2.45, 2.75) is 24.5 Å². The van der Waals surface area contributed by atoms with Crippen LogP contribution < -0.4 is 10.5 Å². The summed E-state index contributed by atoms with van der Waals surface area (Å²) in [7, 11) is 3.35. The topological polar surface area (TPSA) is 95.0 Å². The van der Waals surface area contributed by atoms with Gasteiger partial charge in [-0.15, -0.1) is 0 Å². The van der Waals surface area contributed by atoms with Crippen molar-refractivity contribution >= 4 is 29.8 Å². The molecule has 3 N–H and O–H groups in total. The molecule has 2 aliphatic rings. The number of carbonyl (C=O) groups is 1. The highest BCUT2D eigenvalue weighted by Gasteiger charge is 2.57. The minimum absolute atomic E-state index is 0.125. The van der Waals surface area contributed by atoms with Gasteiger partial charge in [0.25, 0.3) is 5.91 Å². The lowest BCUT2D eigenvalue weighted by atomic mass is 9.76. The van der Waals surface area contributed by atoms with Crippen molar-refractivity contribution in [3.05, 3.63) is 52.8 Å². The zero-order valence-electron chi connectivity index (χ0n) is 17.4. The maximum atomic E-state index is 13.9. The molecule has 2 heterocycles. The number of amides is 1. The molecule has 2 aromatic rings. The molecule has 0 fully saturated rings. The highest BCUT2D eigenvalue weighted by molar-refractivity contribution is 6.30. The Labute approximate surface area is 184 Å². The van der Waals surface area contributed by atoms with E-state index in [1.165, 1.54) is 23.4 Å². The van der Waals surface area contributed by atoms with Crippen LogP contribution in [0.15, 0.2) is 41.4 Å². The number of halogens is 2. The molecule has 0 bridgehead atoms. The number of hydrogen-bond acceptors (Lipinski definition) is 5. The summed E-state index contributed by atoms with van der Waals surface area (Å²) in [6.45, 7) is 2.26. The first kappa shape index (κ1) is 21.1. The predicted octanol–water partition coefficient (Wildman–Crippen LogP) is 3.21. The van der Waals surface area contributed by atoms with Gasteiger partial charge in [-0.1, -0.05) is 17.7 Å². The fraction of sp³-hybridized carbons (Fsp3) is 0.318. The van der Waals surface area contributed by atoms with Gasteiger partial charge in [-0.3, -0.25) is 15.1 Å². The van der Waals surface area contributed by atoms with E-state index in [-0.39, 0.29) is 23.3 Å². The Hall–Kier alpha value is -3.13. The largest absolute Gasteiger partial charge is 0.485 e. The number of guanidine groups is 1. The van der Waals surface area contributed by atoms with Crippen molar-refractivity contribution in [3.8, 4) is 16.9 Å². The predicted molar refractivity (Wildman–Crippen MR) is 118 cm³/mol. The van der Waals surface area contributed by atoms with Crippen LogP contribution in [0.4, 0.5) is 4.39 Å². The van der Waals surface area contributed by atoms with E-state index in [2.05, 4.69) is 4.99 Å². The Balaban J connectivity index is 1.89. The second-order valence-electron chi connectivity index (χ2n) is 8.34. The number of carbonyl (C=O) groups excluding carboxylic acids is 1. The zero-order valence-corrected chi connectivity index (χ0v) is 18.2. The van der Waals surface area contributed by atoms with E-state index < -0.39 is 17.0 Å². The summed E-state index contributed by atoms with van der Waals surface area (Å²) in [4.78, 5) is 21.0. The molecule has 2 aromatic carbocycles. The van der Waals surface area contributed by atoms with Crippen LogP contribution in [0, 0.1) is 11.2 Å². The standard InChI is InChI=1S/C22H23ClFN5O2/c1-21(11-28(2)12-25)10-22(19(30)29(3)20(26)27-22)17-8-13(4-5-18(17)31-21)14-6-15(23)9-16(24)7-14/h4-9,12,25H,10-11H2,1-3H3,(H2,26,27). The number of rotatable bonds is 4. The molecule has 0 aliphatic carbocycles. The number of nitrogens with two attached hydrogens (primary N) is 1. The number of nitrogens with zero attached hydrogens (tertiary/aromatic N) is 3. The van der Waals surface area contributed by atoms with Crippen LogP contribution in [0.1, 0.15) is 18.9 Å². The molecular weight excluding hydrogens is 421 g/mol. The van der Waals surface area contributed by atoms with Gasteiger partial charge in [0, 0.05) is 31.1 Å². The van der Waals surface area contributed by atoms with Crippen molar-refractivity contribution in [2.24, 2.45) is 10.7 Å². The van der Waals surface area contributed by atoms with E-state index in [1.54, 1.807) is 43.3 Å². The SMILES string of the molecule is CN(C=N)CC1(C)CC2(N=C(N)N(C)C2=O)c2cc(-c3cc(F)cc(Cl)c3)ccc2O1. The summed E-state index contributed by atoms with van der Waals surface area (Å²) in [6.07, 6.45) is 1.44. The van der Waals surface area contributed by atoms with Gasteiger partial charge in [-0.25, -0.2) is 9.38 Å². The smallest absolute Gasteiger partial charge is 0.261 e. The molecule has 2 unspecified atom stereocenters. The molecule has 162 valence electrons. The molecule has 7 nitrogen and oxygen atoms in total. The Morgan fingerprint density at radius 2 is 2.10 bits per heavy atom. The molecule has 31 heavy (non-hydrogen) atoms. The lowest BCUT2D eigenvalue weighted by Crippen LogP contribution is -2.54. The number of ether oxygens (including phenoxy) is 1. The number of nitrogens with one attached hydrogen (secondary N) is 1. The average Bonchev–Trinajstić information content (AvgIpc) is 2.90. The fourth-order valence-corrected chi connectivity index (χ4v) is 4.65. The van der Waals surface area contributed by atoms with E-state index in [0.29, 0.717) is 29.0 Å². The quantitative estimate of drug-likeness (QED) is 0.560. The van der Waals surface area contributed by atoms with Crippen LogP contribution in [0.5, 0.6) is 5.75 Å². The lowest BCUT2D eigenvalue weighted by Gasteiger charge is -2.44.